The molecule has 0 bridgehead atoms. The van der Waals surface area contributed by atoms with E-state index >= 15 is 0 Å². The molecular weight excluding hydrogens is 304 g/mol. The molecule has 24 heavy (non-hydrogen) atoms. The molecule has 126 valence electrons. The first-order valence-electron chi connectivity index (χ1n) is 7.97. The lowest BCUT2D eigenvalue weighted by Gasteiger charge is -2.15. The van der Waals surface area contributed by atoms with Crippen LogP contribution in [0, 0.1) is 0 Å². The summed E-state index contributed by atoms with van der Waals surface area (Å²) in [5.74, 6) is 0.267. The molecule has 5 nitrogen and oxygen atoms in total. The van der Waals surface area contributed by atoms with Gasteiger partial charge in [-0.1, -0.05) is 30.3 Å². The molecule has 5 heteroatoms. The third-order valence-corrected chi connectivity index (χ3v) is 3.37. The summed E-state index contributed by atoms with van der Waals surface area (Å²) in [6.07, 6.45) is 0.180. The van der Waals surface area contributed by atoms with Crippen LogP contribution >= 0.6 is 0 Å². The van der Waals surface area contributed by atoms with Crippen LogP contribution in [0.4, 0.5) is 5.69 Å². The van der Waals surface area contributed by atoms with Gasteiger partial charge in [0.2, 0.25) is 5.91 Å². The molecule has 2 aromatic rings. The summed E-state index contributed by atoms with van der Waals surface area (Å²) in [6, 6.07) is 15.9. The fourth-order valence-corrected chi connectivity index (χ4v) is 2.28. The van der Waals surface area contributed by atoms with Crippen molar-refractivity contribution >= 4 is 17.5 Å². The third-order valence-electron chi connectivity index (χ3n) is 3.37. The van der Waals surface area contributed by atoms with Crippen molar-refractivity contribution < 1.29 is 14.3 Å². The van der Waals surface area contributed by atoms with Gasteiger partial charge < -0.3 is 15.4 Å². The van der Waals surface area contributed by atoms with E-state index in [0.29, 0.717) is 23.6 Å². The second-order valence-corrected chi connectivity index (χ2v) is 5.42. The Hall–Kier alpha value is -2.82. The monoisotopic (exact) mass is 326 g/mol. The summed E-state index contributed by atoms with van der Waals surface area (Å²) in [5, 5.41) is 5.65. The Labute approximate surface area is 142 Å². The van der Waals surface area contributed by atoms with E-state index in [1.165, 1.54) is 0 Å². The van der Waals surface area contributed by atoms with Crippen molar-refractivity contribution in [2.45, 2.75) is 26.3 Å². The van der Waals surface area contributed by atoms with Crippen LogP contribution in [0.3, 0.4) is 0 Å². The lowest BCUT2D eigenvalue weighted by molar-refractivity contribution is -0.116. The maximum absolute atomic E-state index is 12.2. The molecule has 0 radical (unpaired) electrons. The number of hydrogen-bond donors (Lipinski definition) is 2. The van der Waals surface area contributed by atoms with Gasteiger partial charge in [0.15, 0.2) is 0 Å². The number of para-hydroxylation sites is 2. The third kappa shape index (κ3) is 5.12. The number of anilines is 1. The van der Waals surface area contributed by atoms with Crippen molar-refractivity contribution in [2.24, 2.45) is 0 Å². The van der Waals surface area contributed by atoms with E-state index in [-0.39, 0.29) is 24.3 Å². The fourth-order valence-electron chi connectivity index (χ4n) is 2.28. The molecule has 0 aromatic heterocycles. The average Bonchev–Trinajstić information content (AvgIpc) is 2.57. The van der Waals surface area contributed by atoms with Gasteiger partial charge in [0.05, 0.1) is 12.3 Å². The second-order valence-electron chi connectivity index (χ2n) is 5.42. The largest absolute Gasteiger partial charge is 0.492 e. The van der Waals surface area contributed by atoms with Crippen molar-refractivity contribution in [1.29, 1.82) is 0 Å². The molecule has 0 saturated heterocycles. The van der Waals surface area contributed by atoms with Crippen LogP contribution in [0.15, 0.2) is 54.6 Å². The molecule has 0 fully saturated rings. The Morgan fingerprint density at radius 1 is 1.04 bits per heavy atom. The van der Waals surface area contributed by atoms with Crippen LogP contribution in [0.25, 0.3) is 0 Å². The molecule has 0 aliphatic heterocycles. The zero-order chi connectivity index (χ0) is 17.4. The number of nitrogens with one attached hydrogen (secondary N) is 2. The van der Waals surface area contributed by atoms with Crippen molar-refractivity contribution in [3.63, 3.8) is 0 Å². The predicted octanol–water partition coefficient (Wildman–Crippen LogP) is 3.23. The normalized spacial score (nSPS) is 11.4. The fraction of sp³-hybridized carbons (Fsp3) is 0.263. The number of carbonyl (C=O) groups excluding carboxylic acids is 2. The lowest BCUT2D eigenvalue weighted by atomic mass is 10.1. The minimum Gasteiger partial charge on any atom is -0.492 e. The highest BCUT2D eigenvalue weighted by Gasteiger charge is 2.14. The summed E-state index contributed by atoms with van der Waals surface area (Å²) in [4.78, 5) is 24.3. The SMILES string of the molecule is CCOc1ccccc1NC(=O)CC(C)NC(=O)c1ccccc1. The number of rotatable bonds is 7. The van der Waals surface area contributed by atoms with Crippen LogP contribution in [-0.2, 0) is 4.79 Å². The molecule has 0 aliphatic rings. The van der Waals surface area contributed by atoms with Gasteiger partial charge in [-0.05, 0) is 38.1 Å². The molecule has 0 aliphatic carbocycles. The maximum atomic E-state index is 12.2. The molecule has 1 atom stereocenters. The van der Waals surface area contributed by atoms with E-state index < -0.39 is 0 Å². The second kappa shape index (κ2) is 8.72. The Morgan fingerprint density at radius 2 is 1.71 bits per heavy atom. The van der Waals surface area contributed by atoms with Crippen LogP contribution in [0.5, 0.6) is 5.75 Å². The van der Waals surface area contributed by atoms with E-state index in [2.05, 4.69) is 10.6 Å². The van der Waals surface area contributed by atoms with Gasteiger partial charge in [-0.3, -0.25) is 9.59 Å². The Morgan fingerprint density at radius 3 is 2.42 bits per heavy atom. The highest BCUT2D eigenvalue weighted by molar-refractivity contribution is 5.96. The molecule has 2 aromatic carbocycles. The number of amides is 2. The number of ether oxygens (including phenoxy) is 1. The van der Waals surface area contributed by atoms with Gasteiger partial charge in [0.1, 0.15) is 5.75 Å². The smallest absolute Gasteiger partial charge is 0.251 e. The Bertz CT molecular complexity index is 686. The van der Waals surface area contributed by atoms with Gasteiger partial charge in [0, 0.05) is 18.0 Å². The maximum Gasteiger partial charge on any atom is 0.251 e. The predicted molar refractivity (Wildman–Crippen MR) is 94.2 cm³/mol. The average molecular weight is 326 g/mol. The minimum atomic E-state index is -0.281. The van der Waals surface area contributed by atoms with Gasteiger partial charge in [0.25, 0.3) is 5.91 Å². The Kier molecular flexibility index (Phi) is 6.37. The first kappa shape index (κ1) is 17.5. The number of hydrogen-bond acceptors (Lipinski definition) is 3. The van der Waals surface area contributed by atoms with Crippen LogP contribution in [-0.4, -0.2) is 24.5 Å². The summed E-state index contributed by atoms with van der Waals surface area (Å²) < 4.78 is 5.48. The highest BCUT2D eigenvalue weighted by atomic mass is 16.5. The number of benzene rings is 2. The molecule has 0 spiro atoms. The van der Waals surface area contributed by atoms with Gasteiger partial charge >= 0.3 is 0 Å². The topological polar surface area (TPSA) is 67.4 Å². The number of carbonyl (C=O) groups is 2. The molecule has 0 heterocycles. The zero-order valence-corrected chi connectivity index (χ0v) is 13.9. The van der Waals surface area contributed by atoms with Crippen molar-refractivity contribution in [2.75, 3.05) is 11.9 Å². The Balaban J connectivity index is 1.89. The van der Waals surface area contributed by atoms with E-state index in [1.54, 1.807) is 43.3 Å². The summed E-state index contributed by atoms with van der Waals surface area (Å²) in [6.45, 7) is 4.21. The van der Waals surface area contributed by atoms with Gasteiger partial charge in [-0.2, -0.15) is 0 Å². The molecule has 2 amide bonds. The summed E-state index contributed by atoms with van der Waals surface area (Å²) in [5.41, 5.74) is 1.21. The van der Waals surface area contributed by atoms with E-state index in [9.17, 15) is 9.59 Å². The van der Waals surface area contributed by atoms with Crippen LogP contribution in [0.2, 0.25) is 0 Å². The van der Waals surface area contributed by atoms with Gasteiger partial charge in [-0.15, -0.1) is 0 Å². The van der Waals surface area contributed by atoms with Crippen molar-refractivity contribution in [1.82, 2.24) is 5.32 Å². The summed E-state index contributed by atoms with van der Waals surface area (Å²) in [7, 11) is 0. The van der Waals surface area contributed by atoms with E-state index in [1.807, 2.05) is 25.1 Å². The zero-order valence-electron chi connectivity index (χ0n) is 13.9. The quantitative estimate of drug-likeness (QED) is 0.821. The van der Waals surface area contributed by atoms with E-state index in [4.69, 9.17) is 4.74 Å². The molecule has 0 saturated carbocycles. The van der Waals surface area contributed by atoms with Crippen LogP contribution in [0.1, 0.15) is 30.6 Å². The van der Waals surface area contributed by atoms with Crippen molar-refractivity contribution in [3.8, 4) is 5.75 Å². The molecule has 2 N–H and O–H groups in total. The van der Waals surface area contributed by atoms with Crippen molar-refractivity contribution in [3.05, 3.63) is 60.2 Å². The standard InChI is InChI=1S/C19H22N2O3/c1-3-24-17-12-8-7-11-16(17)21-18(22)13-14(2)20-19(23)15-9-5-4-6-10-15/h4-12,14H,3,13H2,1-2H3,(H,20,23)(H,21,22). The lowest BCUT2D eigenvalue weighted by Crippen LogP contribution is -2.35. The molecule has 1 unspecified atom stereocenters. The highest BCUT2D eigenvalue weighted by Crippen LogP contribution is 2.23. The molecule has 2 rings (SSSR count). The first-order valence-corrected chi connectivity index (χ1v) is 7.97. The first-order chi connectivity index (χ1) is 11.6. The summed E-state index contributed by atoms with van der Waals surface area (Å²) >= 11 is 0. The van der Waals surface area contributed by atoms with E-state index in [0.717, 1.165) is 0 Å². The molecular formula is C19H22N2O3. The minimum absolute atomic E-state index is 0.178. The van der Waals surface area contributed by atoms with Crippen LogP contribution < -0.4 is 15.4 Å². The van der Waals surface area contributed by atoms with Gasteiger partial charge in [-0.25, -0.2) is 0 Å².